The second-order valence-electron chi connectivity index (χ2n) is 5.61. The van der Waals surface area contributed by atoms with E-state index in [1.165, 1.54) is 11.0 Å². The highest BCUT2D eigenvalue weighted by atomic mass is 35.5. The number of nitrogens with zero attached hydrogens (tertiary/aromatic N) is 1. The third kappa shape index (κ3) is 3.12. The Hall–Kier alpha value is -1.48. The molecule has 0 saturated carbocycles. The van der Waals surface area contributed by atoms with Crippen molar-refractivity contribution in [2.75, 3.05) is 23.0 Å². The molecule has 0 bridgehead atoms. The van der Waals surface area contributed by atoms with Crippen LogP contribution in [0.2, 0.25) is 5.02 Å². The minimum Gasteiger partial charge on any atom is -0.355 e. The molecule has 1 amide bonds. The average molecular weight is 369 g/mol. The number of alkyl halides is 3. The first-order valence-electron chi connectivity index (χ1n) is 6.70. The Morgan fingerprint density at radius 3 is 2.57 bits per heavy atom. The molecule has 3 rings (SSSR count). The zero-order valence-corrected chi connectivity index (χ0v) is 13.2. The topological polar surface area (TPSA) is 66.5 Å². The number of piperazine rings is 1. The van der Waals surface area contributed by atoms with E-state index < -0.39 is 33.7 Å². The number of amides is 1. The molecule has 2 aliphatic rings. The van der Waals surface area contributed by atoms with Crippen LogP contribution in [-0.4, -0.2) is 44.5 Å². The molecule has 1 N–H and O–H groups in total. The van der Waals surface area contributed by atoms with E-state index >= 15 is 0 Å². The van der Waals surface area contributed by atoms with Crippen LogP contribution in [0.5, 0.6) is 0 Å². The van der Waals surface area contributed by atoms with E-state index in [-0.39, 0.29) is 34.7 Å². The van der Waals surface area contributed by atoms with Gasteiger partial charge in [-0.05, 0) is 18.2 Å². The lowest BCUT2D eigenvalue weighted by Crippen LogP contribution is -2.60. The zero-order valence-electron chi connectivity index (χ0n) is 11.6. The fourth-order valence-corrected chi connectivity index (χ4v) is 5.19. The van der Waals surface area contributed by atoms with Crippen LogP contribution in [0.3, 0.4) is 0 Å². The number of fused-ring (bicyclic) bond motifs is 1. The number of hydrogen-bond donors (Lipinski definition) is 1. The van der Waals surface area contributed by atoms with Gasteiger partial charge in [-0.3, -0.25) is 4.79 Å². The zero-order chi connectivity index (χ0) is 17.0. The molecule has 2 aliphatic heterocycles. The van der Waals surface area contributed by atoms with Crippen molar-refractivity contribution in [1.82, 2.24) is 5.32 Å². The standard InChI is InChI=1S/C13H12ClF3N2O3S/c14-8-3-7(13(15,16)17)1-2-10(8)19-4-12(20)18-9-5-23(21,22)6-11(9)19/h1-3,9,11H,4-6H2,(H,18,20)/t9-,11-/m0/s1. The molecule has 1 aromatic carbocycles. The fourth-order valence-electron chi connectivity index (χ4n) is 2.98. The second-order valence-corrected chi connectivity index (χ2v) is 8.17. The van der Waals surface area contributed by atoms with Gasteiger partial charge in [0.15, 0.2) is 9.84 Å². The molecular formula is C13H12ClF3N2O3S. The van der Waals surface area contributed by atoms with Crippen LogP contribution in [0.15, 0.2) is 18.2 Å². The lowest BCUT2D eigenvalue weighted by molar-refractivity contribution is -0.137. The van der Waals surface area contributed by atoms with Crippen molar-refractivity contribution in [2.24, 2.45) is 0 Å². The number of rotatable bonds is 1. The first-order chi connectivity index (χ1) is 10.6. The van der Waals surface area contributed by atoms with Crippen molar-refractivity contribution in [2.45, 2.75) is 18.3 Å². The smallest absolute Gasteiger partial charge is 0.355 e. The Bertz CT molecular complexity index is 766. The van der Waals surface area contributed by atoms with Crippen molar-refractivity contribution in [3.8, 4) is 0 Å². The lowest BCUT2D eigenvalue weighted by atomic mass is 10.0. The number of nitrogens with one attached hydrogen (secondary N) is 1. The van der Waals surface area contributed by atoms with Gasteiger partial charge in [-0.2, -0.15) is 13.2 Å². The van der Waals surface area contributed by atoms with Gasteiger partial charge in [-0.25, -0.2) is 8.42 Å². The molecule has 1 aromatic rings. The summed E-state index contributed by atoms with van der Waals surface area (Å²) in [5.41, 5.74) is -0.676. The second kappa shape index (κ2) is 5.27. The summed E-state index contributed by atoms with van der Waals surface area (Å²) in [6.45, 7) is -0.151. The maximum absolute atomic E-state index is 12.7. The predicted octanol–water partition coefficient (Wildman–Crippen LogP) is 1.46. The molecule has 0 aromatic heterocycles. The van der Waals surface area contributed by atoms with Gasteiger partial charge in [0.25, 0.3) is 0 Å². The van der Waals surface area contributed by atoms with Crippen LogP contribution < -0.4 is 10.2 Å². The molecule has 2 saturated heterocycles. The summed E-state index contributed by atoms with van der Waals surface area (Å²) < 4.78 is 61.7. The molecule has 5 nitrogen and oxygen atoms in total. The summed E-state index contributed by atoms with van der Waals surface area (Å²) in [7, 11) is -3.32. The molecule has 2 atom stereocenters. The van der Waals surface area contributed by atoms with E-state index in [1.54, 1.807) is 0 Å². The van der Waals surface area contributed by atoms with E-state index in [1.807, 2.05) is 0 Å². The fraction of sp³-hybridized carbons (Fsp3) is 0.462. The molecule has 0 aliphatic carbocycles. The largest absolute Gasteiger partial charge is 0.416 e. The molecule has 23 heavy (non-hydrogen) atoms. The van der Waals surface area contributed by atoms with Crippen LogP contribution >= 0.6 is 11.6 Å². The maximum atomic E-state index is 12.7. The van der Waals surface area contributed by atoms with Gasteiger partial charge in [0.1, 0.15) is 0 Å². The summed E-state index contributed by atoms with van der Waals surface area (Å²) in [4.78, 5) is 13.2. The summed E-state index contributed by atoms with van der Waals surface area (Å²) in [6, 6.07) is 1.70. The van der Waals surface area contributed by atoms with Crippen LogP contribution in [0.25, 0.3) is 0 Å². The van der Waals surface area contributed by atoms with E-state index in [4.69, 9.17) is 11.6 Å². The van der Waals surface area contributed by atoms with Crippen LogP contribution in [0.1, 0.15) is 5.56 Å². The van der Waals surface area contributed by atoms with Gasteiger partial charge >= 0.3 is 6.18 Å². The van der Waals surface area contributed by atoms with Gasteiger partial charge in [-0.15, -0.1) is 0 Å². The normalized spacial score (nSPS) is 26.8. The minimum atomic E-state index is -4.53. The van der Waals surface area contributed by atoms with E-state index in [9.17, 15) is 26.4 Å². The molecule has 2 heterocycles. The van der Waals surface area contributed by atoms with Crippen molar-refractivity contribution in [1.29, 1.82) is 0 Å². The van der Waals surface area contributed by atoms with Crippen LogP contribution in [-0.2, 0) is 20.8 Å². The highest BCUT2D eigenvalue weighted by Crippen LogP contribution is 2.37. The molecule has 2 fully saturated rings. The number of carbonyl (C=O) groups is 1. The van der Waals surface area contributed by atoms with E-state index in [0.29, 0.717) is 0 Å². The van der Waals surface area contributed by atoms with Crippen molar-refractivity contribution >= 4 is 33.0 Å². The molecule has 0 unspecified atom stereocenters. The lowest BCUT2D eigenvalue weighted by Gasteiger charge is -2.38. The van der Waals surface area contributed by atoms with Crippen molar-refractivity contribution in [3.05, 3.63) is 28.8 Å². The first-order valence-corrected chi connectivity index (χ1v) is 8.90. The number of benzene rings is 1. The van der Waals surface area contributed by atoms with Gasteiger partial charge in [0, 0.05) is 0 Å². The summed E-state index contributed by atoms with van der Waals surface area (Å²) in [5.74, 6) is -0.743. The molecule has 0 radical (unpaired) electrons. The number of carbonyl (C=O) groups excluding carboxylic acids is 1. The van der Waals surface area contributed by atoms with Crippen LogP contribution in [0.4, 0.5) is 18.9 Å². The summed E-state index contributed by atoms with van der Waals surface area (Å²) in [5, 5.41) is 2.44. The van der Waals surface area contributed by atoms with Gasteiger partial charge in [0.2, 0.25) is 5.91 Å². The molecular weight excluding hydrogens is 357 g/mol. The predicted molar refractivity (Wildman–Crippen MR) is 78.2 cm³/mol. The number of hydrogen-bond acceptors (Lipinski definition) is 4. The highest BCUT2D eigenvalue weighted by Gasteiger charge is 2.45. The Labute approximate surface area is 135 Å². The maximum Gasteiger partial charge on any atom is 0.416 e. The molecule has 126 valence electrons. The van der Waals surface area contributed by atoms with Crippen molar-refractivity contribution < 1.29 is 26.4 Å². The number of anilines is 1. The Morgan fingerprint density at radius 2 is 1.96 bits per heavy atom. The Balaban J connectivity index is 1.98. The monoisotopic (exact) mass is 368 g/mol. The summed E-state index contributed by atoms with van der Waals surface area (Å²) >= 11 is 5.96. The number of sulfone groups is 1. The van der Waals surface area contributed by atoms with Crippen molar-refractivity contribution in [3.63, 3.8) is 0 Å². The van der Waals surface area contributed by atoms with Gasteiger partial charge < -0.3 is 10.2 Å². The summed E-state index contributed by atoms with van der Waals surface area (Å²) in [6.07, 6.45) is -4.53. The van der Waals surface area contributed by atoms with Crippen LogP contribution in [0, 0.1) is 0 Å². The SMILES string of the molecule is O=C1CN(c2ccc(C(F)(F)F)cc2Cl)[C@H]2CS(=O)(=O)C[C@@H]2N1. The van der Waals surface area contributed by atoms with Gasteiger partial charge in [-0.1, -0.05) is 11.6 Å². The third-order valence-corrected chi connectivity index (χ3v) is 5.99. The molecule has 10 heteroatoms. The van der Waals surface area contributed by atoms with Gasteiger partial charge in [0.05, 0.1) is 46.4 Å². The minimum absolute atomic E-state index is 0.151. The number of halogens is 4. The molecule has 0 spiro atoms. The quantitative estimate of drug-likeness (QED) is 0.815. The van der Waals surface area contributed by atoms with E-state index in [2.05, 4.69) is 5.32 Å². The average Bonchev–Trinajstić information content (AvgIpc) is 2.70. The highest BCUT2D eigenvalue weighted by molar-refractivity contribution is 7.91. The van der Waals surface area contributed by atoms with E-state index in [0.717, 1.165) is 12.1 Å². The Kier molecular flexibility index (Phi) is 3.75. The third-order valence-electron chi connectivity index (χ3n) is 3.97. The first kappa shape index (κ1) is 16.4. The Morgan fingerprint density at radius 1 is 1.26 bits per heavy atom.